The Balaban J connectivity index is 2.53. The molecule has 0 bridgehead atoms. The van der Waals surface area contributed by atoms with Crippen LogP contribution in [0.3, 0.4) is 0 Å². The smallest absolute Gasteiger partial charge is 0.128 e. The summed E-state index contributed by atoms with van der Waals surface area (Å²) >= 11 is 5.86. The van der Waals surface area contributed by atoms with Gasteiger partial charge in [-0.25, -0.2) is 4.98 Å². The van der Waals surface area contributed by atoms with Gasteiger partial charge in [0.2, 0.25) is 0 Å². The highest BCUT2D eigenvalue weighted by Gasteiger charge is 2.12. The summed E-state index contributed by atoms with van der Waals surface area (Å²) in [6, 6.07) is 0.0977. The first-order valence-corrected chi connectivity index (χ1v) is 5.44. The van der Waals surface area contributed by atoms with Crippen LogP contribution in [-0.2, 0) is 13.6 Å². The van der Waals surface area contributed by atoms with Crippen molar-refractivity contribution < 1.29 is 5.11 Å². The van der Waals surface area contributed by atoms with E-state index in [2.05, 4.69) is 24.1 Å². The first kappa shape index (κ1) is 12.5. The maximum Gasteiger partial charge on any atom is 0.128 e. The van der Waals surface area contributed by atoms with Crippen molar-refractivity contribution in [1.82, 2.24) is 14.9 Å². The average Bonchev–Trinajstić information content (AvgIpc) is 2.49. The molecule has 0 spiro atoms. The molecule has 1 heterocycles. The molecule has 0 saturated carbocycles. The van der Waals surface area contributed by atoms with Gasteiger partial charge in [0.1, 0.15) is 11.0 Å². The fourth-order valence-corrected chi connectivity index (χ4v) is 1.47. The number of imidazole rings is 1. The average molecular weight is 232 g/mol. The van der Waals surface area contributed by atoms with Crippen molar-refractivity contribution >= 4 is 11.6 Å². The van der Waals surface area contributed by atoms with E-state index in [1.165, 1.54) is 0 Å². The molecule has 0 radical (unpaired) electrons. The molecule has 1 unspecified atom stereocenters. The van der Waals surface area contributed by atoms with E-state index in [0.29, 0.717) is 17.6 Å². The minimum absolute atomic E-state index is 0.0977. The highest BCUT2D eigenvalue weighted by atomic mass is 35.5. The van der Waals surface area contributed by atoms with Gasteiger partial charge in [-0.05, 0) is 5.92 Å². The summed E-state index contributed by atoms with van der Waals surface area (Å²) in [5.74, 6) is 1.27. The zero-order valence-corrected chi connectivity index (χ0v) is 10.1. The lowest BCUT2D eigenvalue weighted by molar-refractivity contribution is 0.209. The standard InChI is InChI=1S/C10H18ClN3O/c1-7(2)8(6-15)12-5-10-13-4-9(11)14(10)3/h4,7-8,12,15H,5-6H2,1-3H3. The third-order valence-electron chi connectivity index (χ3n) is 2.55. The zero-order chi connectivity index (χ0) is 11.4. The largest absolute Gasteiger partial charge is 0.395 e. The highest BCUT2D eigenvalue weighted by Crippen LogP contribution is 2.09. The molecule has 1 aromatic rings. The number of aromatic nitrogens is 2. The van der Waals surface area contributed by atoms with Crippen molar-refractivity contribution in [3.05, 3.63) is 17.2 Å². The molecule has 1 rings (SSSR count). The summed E-state index contributed by atoms with van der Waals surface area (Å²) < 4.78 is 1.82. The molecule has 86 valence electrons. The Bertz CT molecular complexity index is 312. The van der Waals surface area contributed by atoms with E-state index in [1.807, 2.05) is 11.6 Å². The molecule has 0 aliphatic rings. The van der Waals surface area contributed by atoms with E-state index in [4.69, 9.17) is 16.7 Å². The van der Waals surface area contributed by atoms with E-state index in [0.717, 1.165) is 5.82 Å². The molecule has 15 heavy (non-hydrogen) atoms. The van der Waals surface area contributed by atoms with Crippen LogP contribution in [0.25, 0.3) is 0 Å². The van der Waals surface area contributed by atoms with Gasteiger partial charge in [-0.2, -0.15) is 0 Å². The number of aliphatic hydroxyl groups excluding tert-OH is 1. The zero-order valence-electron chi connectivity index (χ0n) is 9.37. The Labute approximate surface area is 95.3 Å². The molecule has 0 saturated heterocycles. The van der Waals surface area contributed by atoms with Crippen molar-refractivity contribution in [3.63, 3.8) is 0 Å². The molecular formula is C10H18ClN3O. The topological polar surface area (TPSA) is 50.1 Å². The summed E-state index contributed by atoms with van der Waals surface area (Å²) in [5, 5.41) is 13.0. The first-order valence-electron chi connectivity index (χ1n) is 5.06. The van der Waals surface area contributed by atoms with E-state index >= 15 is 0 Å². The number of nitrogens with one attached hydrogen (secondary N) is 1. The number of aliphatic hydroxyl groups is 1. The highest BCUT2D eigenvalue weighted by molar-refractivity contribution is 6.29. The third-order valence-corrected chi connectivity index (χ3v) is 2.90. The Morgan fingerprint density at radius 2 is 2.27 bits per heavy atom. The molecule has 0 aliphatic heterocycles. The van der Waals surface area contributed by atoms with Crippen molar-refractivity contribution in [2.45, 2.75) is 26.4 Å². The van der Waals surface area contributed by atoms with Crippen LogP contribution in [-0.4, -0.2) is 27.3 Å². The minimum atomic E-state index is 0.0977. The molecule has 1 atom stereocenters. The number of hydrogen-bond acceptors (Lipinski definition) is 3. The molecule has 4 nitrogen and oxygen atoms in total. The van der Waals surface area contributed by atoms with Crippen LogP contribution in [0.4, 0.5) is 0 Å². The van der Waals surface area contributed by atoms with Crippen molar-refractivity contribution in [1.29, 1.82) is 0 Å². The molecule has 1 aromatic heterocycles. The second-order valence-electron chi connectivity index (χ2n) is 3.97. The summed E-state index contributed by atoms with van der Waals surface area (Å²) in [4.78, 5) is 4.17. The Morgan fingerprint density at radius 1 is 1.60 bits per heavy atom. The van der Waals surface area contributed by atoms with Crippen molar-refractivity contribution in [2.24, 2.45) is 13.0 Å². The Hall–Kier alpha value is -0.580. The minimum Gasteiger partial charge on any atom is -0.395 e. The Morgan fingerprint density at radius 3 is 2.67 bits per heavy atom. The normalized spacial score (nSPS) is 13.5. The van der Waals surface area contributed by atoms with E-state index in [-0.39, 0.29) is 12.6 Å². The summed E-state index contributed by atoms with van der Waals surface area (Å²) in [6.07, 6.45) is 1.63. The van der Waals surface area contributed by atoms with Gasteiger partial charge in [0.15, 0.2) is 0 Å². The SMILES string of the molecule is CC(C)C(CO)NCc1ncc(Cl)n1C. The van der Waals surface area contributed by atoms with Gasteiger partial charge in [0.25, 0.3) is 0 Å². The molecular weight excluding hydrogens is 214 g/mol. The molecule has 5 heteroatoms. The number of halogens is 1. The predicted molar refractivity (Wildman–Crippen MR) is 60.8 cm³/mol. The maximum absolute atomic E-state index is 9.13. The molecule has 0 amide bonds. The van der Waals surface area contributed by atoms with Gasteiger partial charge in [-0.15, -0.1) is 0 Å². The van der Waals surface area contributed by atoms with Gasteiger partial charge < -0.3 is 15.0 Å². The van der Waals surface area contributed by atoms with Crippen LogP contribution in [0.2, 0.25) is 5.15 Å². The lowest BCUT2D eigenvalue weighted by Crippen LogP contribution is -2.37. The second kappa shape index (κ2) is 5.49. The van der Waals surface area contributed by atoms with Gasteiger partial charge in [-0.3, -0.25) is 0 Å². The number of rotatable bonds is 5. The first-order chi connectivity index (χ1) is 7.06. The summed E-state index contributed by atoms with van der Waals surface area (Å²) in [7, 11) is 1.87. The lowest BCUT2D eigenvalue weighted by atomic mass is 10.1. The van der Waals surface area contributed by atoms with Gasteiger partial charge in [0.05, 0.1) is 19.3 Å². The molecule has 0 aliphatic carbocycles. The Kier molecular flexibility index (Phi) is 4.57. The molecule has 0 fully saturated rings. The van der Waals surface area contributed by atoms with Gasteiger partial charge in [-0.1, -0.05) is 25.4 Å². The predicted octanol–water partition coefficient (Wildman–Crippen LogP) is 1.18. The van der Waals surface area contributed by atoms with Crippen molar-refractivity contribution in [2.75, 3.05) is 6.61 Å². The van der Waals surface area contributed by atoms with Crippen LogP contribution in [0.5, 0.6) is 0 Å². The number of nitrogens with zero attached hydrogens (tertiary/aromatic N) is 2. The van der Waals surface area contributed by atoms with Crippen LogP contribution in [0.15, 0.2) is 6.20 Å². The van der Waals surface area contributed by atoms with E-state index in [9.17, 15) is 0 Å². The second-order valence-corrected chi connectivity index (χ2v) is 4.36. The summed E-state index contributed by atoms with van der Waals surface area (Å²) in [5.41, 5.74) is 0. The van der Waals surface area contributed by atoms with Crippen LogP contribution in [0, 0.1) is 5.92 Å². The van der Waals surface area contributed by atoms with Gasteiger partial charge >= 0.3 is 0 Å². The van der Waals surface area contributed by atoms with Crippen LogP contribution >= 0.6 is 11.6 Å². The summed E-state index contributed by atoms with van der Waals surface area (Å²) in [6.45, 7) is 4.89. The monoisotopic (exact) mass is 231 g/mol. The fraction of sp³-hybridized carbons (Fsp3) is 0.700. The molecule has 0 aromatic carbocycles. The molecule has 2 N–H and O–H groups in total. The van der Waals surface area contributed by atoms with E-state index < -0.39 is 0 Å². The van der Waals surface area contributed by atoms with Crippen LogP contribution < -0.4 is 5.32 Å². The quantitative estimate of drug-likeness (QED) is 0.800. The number of hydrogen-bond donors (Lipinski definition) is 2. The maximum atomic E-state index is 9.13. The van der Waals surface area contributed by atoms with Crippen molar-refractivity contribution in [3.8, 4) is 0 Å². The van der Waals surface area contributed by atoms with Gasteiger partial charge in [0, 0.05) is 13.1 Å². The van der Waals surface area contributed by atoms with E-state index in [1.54, 1.807) is 6.20 Å². The fourth-order valence-electron chi connectivity index (χ4n) is 1.32. The third kappa shape index (κ3) is 3.19. The van der Waals surface area contributed by atoms with Crippen LogP contribution in [0.1, 0.15) is 19.7 Å². The lowest BCUT2D eigenvalue weighted by Gasteiger charge is -2.19.